The second-order valence-corrected chi connectivity index (χ2v) is 6.42. The Labute approximate surface area is 133 Å². The highest BCUT2D eigenvalue weighted by atomic mass is 16.3. The van der Waals surface area contributed by atoms with Crippen LogP contribution in [0.4, 0.5) is 0 Å². The number of unbranched alkanes of at least 4 members (excludes halogenated alkanes) is 2. The molecule has 0 radical (unpaired) electrons. The molecule has 0 bridgehead atoms. The maximum Gasteiger partial charge on any atom is 0.275 e. The zero-order valence-corrected chi connectivity index (χ0v) is 13.0. The number of aliphatic hydroxyl groups excluding tert-OH is 2. The summed E-state index contributed by atoms with van der Waals surface area (Å²) >= 11 is 0. The van der Waals surface area contributed by atoms with E-state index in [9.17, 15) is 15.0 Å². The lowest BCUT2D eigenvalue weighted by molar-refractivity contribution is 0.0126. The molecule has 2 aromatic rings. The van der Waals surface area contributed by atoms with Gasteiger partial charge in [-0.3, -0.25) is 4.79 Å². The molecular weight excluding hydrogens is 296 g/mol. The first-order valence-electron chi connectivity index (χ1n) is 8.24. The van der Waals surface area contributed by atoms with Crippen LogP contribution in [-0.4, -0.2) is 43.9 Å². The van der Waals surface area contributed by atoms with Gasteiger partial charge >= 0.3 is 0 Å². The Balaban J connectivity index is 1.77. The average molecular weight is 320 g/mol. The number of aliphatic hydroxyl groups is 2. The molecule has 6 N–H and O–H groups in total. The van der Waals surface area contributed by atoms with Crippen molar-refractivity contribution in [3.05, 3.63) is 28.4 Å². The minimum Gasteiger partial charge on any atom is -0.390 e. The molecule has 0 spiro atoms. The summed E-state index contributed by atoms with van der Waals surface area (Å²) in [5.41, 5.74) is 7.06. The van der Waals surface area contributed by atoms with E-state index in [-0.39, 0.29) is 17.4 Å². The van der Waals surface area contributed by atoms with Gasteiger partial charge in [-0.2, -0.15) is 0 Å². The second kappa shape index (κ2) is 6.82. The molecule has 23 heavy (non-hydrogen) atoms. The number of aromatic nitrogens is 3. The number of nitrogens with zero attached hydrogens (tertiary/aromatic N) is 1. The first kappa shape index (κ1) is 16.2. The maximum atomic E-state index is 11.8. The van der Waals surface area contributed by atoms with Crippen LogP contribution in [0.15, 0.2) is 17.3 Å². The van der Waals surface area contributed by atoms with Crippen molar-refractivity contribution in [3.63, 3.8) is 0 Å². The summed E-state index contributed by atoms with van der Waals surface area (Å²) in [6.45, 7) is 0.689. The van der Waals surface area contributed by atoms with E-state index in [1.165, 1.54) is 6.33 Å². The Morgan fingerprint density at radius 1 is 1.22 bits per heavy atom. The summed E-state index contributed by atoms with van der Waals surface area (Å²) in [4.78, 5) is 21.5. The first-order valence-corrected chi connectivity index (χ1v) is 8.24. The molecular formula is C16H24N4O3. The fourth-order valence-corrected chi connectivity index (χ4v) is 3.70. The fourth-order valence-electron chi connectivity index (χ4n) is 3.70. The van der Waals surface area contributed by atoms with Gasteiger partial charge in [0.15, 0.2) is 0 Å². The fraction of sp³-hybridized carbons (Fsp3) is 0.625. The molecule has 1 aliphatic rings. The van der Waals surface area contributed by atoms with Crippen LogP contribution >= 0.6 is 0 Å². The smallest absolute Gasteiger partial charge is 0.275 e. The van der Waals surface area contributed by atoms with Crippen LogP contribution in [0.25, 0.3) is 11.0 Å². The molecule has 1 fully saturated rings. The van der Waals surface area contributed by atoms with E-state index < -0.39 is 12.2 Å². The van der Waals surface area contributed by atoms with Crippen molar-refractivity contribution in [2.24, 2.45) is 11.7 Å². The number of hydrogen-bond donors (Lipinski definition) is 5. The number of H-pyrrole nitrogens is 2. The zero-order valence-electron chi connectivity index (χ0n) is 13.0. The molecule has 1 aliphatic carbocycles. The third-order valence-electron chi connectivity index (χ3n) is 4.98. The molecule has 1 saturated carbocycles. The van der Waals surface area contributed by atoms with E-state index in [0.29, 0.717) is 24.0 Å². The Bertz CT molecular complexity index is 711. The summed E-state index contributed by atoms with van der Waals surface area (Å²) in [7, 11) is 0. The van der Waals surface area contributed by atoms with Crippen LogP contribution in [0.5, 0.6) is 0 Å². The van der Waals surface area contributed by atoms with Gasteiger partial charge < -0.3 is 25.9 Å². The molecule has 0 saturated heterocycles. The predicted molar refractivity (Wildman–Crippen MR) is 87.1 cm³/mol. The summed E-state index contributed by atoms with van der Waals surface area (Å²) in [6, 6.07) is 0. The van der Waals surface area contributed by atoms with Crippen LogP contribution in [0.1, 0.15) is 43.6 Å². The second-order valence-electron chi connectivity index (χ2n) is 6.42. The molecule has 4 atom stereocenters. The van der Waals surface area contributed by atoms with Crippen LogP contribution in [-0.2, 0) is 0 Å². The molecule has 0 aliphatic heterocycles. The van der Waals surface area contributed by atoms with Crippen molar-refractivity contribution < 1.29 is 10.2 Å². The number of rotatable bonds is 6. The van der Waals surface area contributed by atoms with Gasteiger partial charge in [0, 0.05) is 17.7 Å². The first-order chi connectivity index (χ1) is 11.1. The number of nitrogens with one attached hydrogen (secondary N) is 2. The lowest BCUT2D eigenvalue weighted by atomic mass is 9.94. The SMILES string of the molecule is NCCCCC[C@H]1C[C@@H](c2c[nH]c3c(=O)[nH]cnc23)[C@H](O)[C@@H]1O. The Hall–Kier alpha value is -1.70. The lowest BCUT2D eigenvalue weighted by Crippen LogP contribution is -2.27. The molecule has 2 heterocycles. The molecule has 126 valence electrons. The molecule has 7 heteroatoms. The van der Waals surface area contributed by atoms with Crippen LogP contribution in [0.2, 0.25) is 0 Å². The Kier molecular flexibility index (Phi) is 4.79. The number of nitrogens with two attached hydrogens (primary N) is 1. The van der Waals surface area contributed by atoms with Crippen molar-refractivity contribution in [2.75, 3.05) is 6.54 Å². The largest absolute Gasteiger partial charge is 0.390 e. The molecule has 0 unspecified atom stereocenters. The Morgan fingerprint density at radius 3 is 2.83 bits per heavy atom. The average Bonchev–Trinajstić information content (AvgIpc) is 3.09. The van der Waals surface area contributed by atoms with Gasteiger partial charge in [-0.25, -0.2) is 4.98 Å². The zero-order chi connectivity index (χ0) is 16.4. The minimum atomic E-state index is -0.824. The van der Waals surface area contributed by atoms with E-state index in [2.05, 4.69) is 15.0 Å². The third-order valence-corrected chi connectivity index (χ3v) is 4.98. The number of aromatic amines is 2. The Morgan fingerprint density at radius 2 is 2.04 bits per heavy atom. The van der Waals surface area contributed by atoms with Crippen molar-refractivity contribution in [2.45, 2.75) is 50.2 Å². The summed E-state index contributed by atoms with van der Waals surface area (Å²) in [5.74, 6) is -0.132. The summed E-state index contributed by atoms with van der Waals surface area (Å²) < 4.78 is 0. The van der Waals surface area contributed by atoms with Crippen molar-refractivity contribution >= 4 is 11.0 Å². The van der Waals surface area contributed by atoms with E-state index in [1.807, 2.05) is 0 Å². The normalized spacial score (nSPS) is 27.8. The molecule has 7 nitrogen and oxygen atoms in total. The highest BCUT2D eigenvalue weighted by molar-refractivity contribution is 5.78. The van der Waals surface area contributed by atoms with Gasteiger partial charge in [0.2, 0.25) is 0 Å². The van der Waals surface area contributed by atoms with Crippen molar-refractivity contribution in [3.8, 4) is 0 Å². The topological polar surface area (TPSA) is 128 Å². The van der Waals surface area contributed by atoms with E-state index in [0.717, 1.165) is 31.2 Å². The number of hydrogen-bond acceptors (Lipinski definition) is 5. The van der Waals surface area contributed by atoms with E-state index in [4.69, 9.17) is 5.73 Å². The third kappa shape index (κ3) is 3.04. The molecule has 0 amide bonds. The van der Waals surface area contributed by atoms with Gasteiger partial charge in [-0.1, -0.05) is 12.8 Å². The quantitative estimate of drug-likeness (QED) is 0.498. The summed E-state index contributed by atoms with van der Waals surface area (Å²) in [6.07, 6.45) is 6.16. The maximum absolute atomic E-state index is 11.8. The minimum absolute atomic E-state index is 0.0692. The highest BCUT2D eigenvalue weighted by Gasteiger charge is 2.42. The van der Waals surface area contributed by atoms with Gasteiger partial charge in [-0.15, -0.1) is 0 Å². The molecule has 3 rings (SSSR count). The van der Waals surface area contributed by atoms with Crippen LogP contribution in [0, 0.1) is 5.92 Å². The lowest BCUT2D eigenvalue weighted by Gasteiger charge is -2.16. The van der Waals surface area contributed by atoms with Crippen LogP contribution in [0.3, 0.4) is 0 Å². The van der Waals surface area contributed by atoms with Crippen LogP contribution < -0.4 is 11.3 Å². The van der Waals surface area contributed by atoms with E-state index >= 15 is 0 Å². The summed E-state index contributed by atoms with van der Waals surface area (Å²) in [5, 5.41) is 20.8. The van der Waals surface area contributed by atoms with Gasteiger partial charge in [0.25, 0.3) is 5.56 Å². The molecule has 2 aromatic heterocycles. The highest BCUT2D eigenvalue weighted by Crippen LogP contribution is 2.42. The number of fused-ring (bicyclic) bond motifs is 1. The van der Waals surface area contributed by atoms with Gasteiger partial charge in [0.05, 0.1) is 24.1 Å². The monoisotopic (exact) mass is 320 g/mol. The van der Waals surface area contributed by atoms with Gasteiger partial charge in [-0.05, 0) is 31.7 Å². The van der Waals surface area contributed by atoms with E-state index in [1.54, 1.807) is 6.20 Å². The standard InChI is InChI=1S/C16H24N4O3/c17-5-3-1-2-4-9-6-10(15(22)14(9)21)11-7-18-13-12(11)19-8-20-16(13)23/h7-10,14-15,18,21-22H,1-6,17H2,(H,19,20,23)/t9-,10-,14+,15-/m0/s1. The van der Waals surface area contributed by atoms with Crippen molar-refractivity contribution in [1.82, 2.24) is 15.0 Å². The van der Waals surface area contributed by atoms with Gasteiger partial charge in [0.1, 0.15) is 5.52 Å². The predicted octanol–water partition coefficient (Wildman–Crippen LogP) is 0.596. The van der Waals surface area contributed by atoms with Crippen molar-refractivity contribution in [1.29, 1.82) is 0 Å². The molecule has 0 aromatic carbocycles.